The van der Waals surface area contributed by atoms with E-state index in [1.54, 1.807) is 0 Å². The van der Waals surface area contributed by atoms with E-state index in [2.05, 4.69) is 10.6 Å². The number of carbonyl (C=O) groups is 3. The van der Waals surface area contributed by atoms with E-state index in [-0.39, 0.29) is 19.0 Å². The Morgan fingerprint density at radius 2 is 1.74 bits per heavy atom. The van der Waals surface area contributed by atoms with Crippen LogP contribution in [0.4, 0.5) is 4.79 Å². The van der Waals surface area contributed by atoms with Gasteiger partial charge < -0.3 is 21.5 Å². The molecule has 0 aromatic heterocycles. The molecule has 1 saturated carbocycles. The summed E-state index contributed by atoms with van der Waals surface area (Å²) in [5, 5.41) is 14.1. The number of hydrogen-bond acceptors (Lipinski definition) is 3. The lowest BCUT2D eigenvalue weighted by atomic mass is 9.95. The summed E-state index contributed by atoms with van der Waals surface area (Å²) in [5.74, 6) is -1.95. The molecule has 5 N–H and O–H groups in total. The Morgan fingerprint density at radius 1 is 1.16 bits per heavy atom. The molecule has 0 aliphatic heterocycles. The standard InChI is InChI=1S/C12H21N3O4/c1-2-7-5-8(9(6-7)11(17)18)10(16)14-3-4-15-12(13)19/h7-9H,2-6H2,1H3,(H,14,16)(H,17,18)(H3,13,15,19). The van der Waals surface area contributed by atoms with Crippen molar-refractivity contribution in [2.45, 2.75) is 26.2 Å². The fraction of sp³-hybridized carbons (Fsp3) is 0.750. The van der Waals surface area contributed by atoms with Crippen molar-refractivity contribution in [2.24, 2.45) is 23.5 Å². The van der Waals surface area contributed by atoms with E-state index in [1.807, 2.05) is 6.92 Å². The Morgan fingerprint density at radius 3 is 2.26 bits per heavy atom. The first-order chi connectivity index (χ1) is 8.95. The number of amides is 3. The minimum atomic E-state index is -0.911. The van der Waals surface area contributed by atoms with Crippen LogP contribution in [0.3, 0.4) is 0 Å². The summed E-state index contributed by atoms with van der Waals surface area (Å²) in [6, 6.07) is -0.649. The van der Waals surface area contributed by atoms with Gasteiger partial charge >= 0.3 is 12.0 Å². The molecule has 3 amide bonds. The molecule has 3 atom stereocenters. The van der Waals surface area contributed by atoms with Crippen LogP contribution in [0.15, 0.2) is 0 Å². The van der Waals surface area contributed by atoms with E-state index in [1.165, 1.54) is 0 Å². The number of carboxylic acid groups (broad SMARTS) is 1. The summed E-state index contributed by atoms with van der Waals surface area (Å²) in [6.45, 7) is 2.49. The van der Waals surface area contributed by atoms with Gasteiger partial charge in [-0.2, -0.15) is 0 Å². The number of primary amides is 1. The summed E-state index contributed by atoms with van der Waals surface area (Å²) in [4.78, 5) is 33.5. The highest BCUT2D eigenvalue weighted by atomic mass is 16.4. The number of hydrogen-bond donors (Lipinski definition) is 4. The van der Waals surface area contributed by atoms with Crippen molar-refractivity contribution in [1.82, 2.24) is 10.6 Å². The fourth-order valence-corrected chi connectivity index (χ4v) is 2.54. The van der Waals surface area contributed by atoms with Gasteiger partial charge in [-0.1, -0.05) is 13.3 Å². The van der Waals surface area contributed by atoms with Crippen LogP contribution < -0.4 is 16.4 Å². The topological polar surface area (TPSA) is 122 Å². The van der Waals surface area contributed by atoms with Gasteiger partial charge in [0.15, 0.2) is 0 Å². The van der Waals surface area contributed by atoms with Crippen LogP contribution in [-0.4, -0.2) is 36.1 Å². The zero-order chi connectivity index (χ0) is 14.4. The van der Waals surface area contributed by atoms with Crippen molar-refractivity contribution in [1.29, 1.82) is 0 Å². The molecule has 1 rings (SSSR count). The van der Waals surface area contributed by atoms with Gasteiger partial charge in [0.05, 0.1) is 11.8 Å². The van der Waals surface area contributed by atoms with Gasteiger partial charge in [0.1, 0.15) is 0 Å². The summed E-state index contributed by atoms with van der Waals surface area (Å²) < 4.78 is 0. The number of carbonyl (C=O) groups excluding carboxylic acids is 2. The van der Waals surface area contributed by atoms with Crippen LogP contribution in [0.5, 0.6) is 0 Å². The summed E-state index contributed by atoms with van der Waals surface area (Å²) in [7, 11) is 0. The molecular formula is C12H21N3O4. The number of aliphatic carboxylic acids is 1. The molecule has 7 nitrogen and oxygen atoms in total. The summed E-state index contributed by atoms with van der Waals surface area (Å²) >= 11 is 0. The number of nitrogens with two attached hydrogens (primary N) is 1. The first kappa shape index (κ1) is 15.3. The molecule has 0 spiro atoms. The van der Waals surface area contributed by atoms with Crippen molar-refractivity contribution in [3.8, 4) is 0 Å². The Hall–Kier alpha value is -1.79. The molecular weight excluding hydrogens is 250 g/mol. The third kappa shape index (κ3) is 4.42. The number of rotatable bonds is 6. The highest BCUT2D eigenvalue weighted by Gasteiger charge is 2.41. The molecule has 0 bridgehead atoms. The molecule has 0 heterocycles. The van der Waals surface area contributed by atoms with E-state index in [0.717, 1.165) is 6.42 Å². The van der Waals surface area contributed by atoms with Gasteiger partial charge in [-0.25, -0.2) is 4.79 Å². The van der Waals surface area contributed by atoms with Crippen LogP contribution in [0.25, 0.3) is 0 Å². The lowest BCUT2D eigenvalue weighted by Crippen LogP contribution is -2.40. The Kier molecular flexibility index (Phi) is 5.59. The fourth-order valence-electron chi connectivity index (χ4n) is 2.54. The van der Waals surface area contributed by atoms with Gasteiger partial charge in [-0.15, -0.1) is 0 Å². The second-order valence-corrected chi connectivity index (χ2v) is 4.88. The van der Waals surface area contributed by atoms with E-state index in [0.29, 0.717) is 18.8 Å². The lowest BCUT2D eigenvalue weighted by Gasteiger charge is -2.15. The van der Waals surface area contributed by atoms with E-state index in [9.17, 15) is 14.4 Å². The highest BCUT2D eigenvalue weighted by molar-refractivity contribution is 5.85. The predicted molar refractivity (Wildman–Crippen MR) is 68.2 cm³/mol. The first-order valence-electron chi connectivity index (χ1n) is 6.49. The predicted octanol–water partition coefficient (Wildman–Crippen LogP) is -0.0921. The molecule has 1 aliphatic carbocycles. The van der Waals surface area contributed by atoms with Crippen molar-refractivity contribution < 1.29 is 19.5 Å². The van der Waals surface area contributed by atoms with Crippen LogP contribution in [0.1, 0.15) is 26.2 Å². The maximum Gasteiger partial charge on any atom is 0.312 e. The minimum Gasteiger partial charge on any atom is -0.481 e. The van der Waals surface area contributed by atoms with E-state index >= 15 is 0 Å². The second-order valence-electron chi connectivity index (χ2n) is 4.88. The first-order valence-corrected chi connectivity index (χ1v) is 6.49. The second kappa shape index (κ2) is 6.96. The summed E-state index contributed by atoms with van der Waals surface area (Å²) in [6.07, 6.45) is 2.06. The lowest BCUT2D eigenvalue weighted by molar-refractivity contribution is -0.146. The number of urea groups is 1. The number of carboxylic acids is 1. The molecule has 108 valence electrons. The smallest absolute Gasteiger partial charge is 0.312 e. The normalized spacial score (nSPS) is 25.8. The quantitative estimate of drug-likeness (QED) is 0.504. The van der Waals surface area contributed by atoms with Crippen LogP contribution >= 0.6 is 0 Å². The zero-order valence-corrected chi connectivity index (χ0v) is 11.0. The molecule has 0 radical (unpaired) electrons. The van der Waals surface area contributed by atoms with Gasteiger partial charge in [-0.05, 0) is 18.8 Å². The average molecular weight is 271 g/mol. The van der Waals surface area contributed by atoms with Crippen molar-refractivity contribution in [3.05, 3.63) is 0 Å². The molecule has 0 aromatic rings. The largest absolute Gasteiger partial charge is 0.481 e. The third-order valence-electron chi connectivity index (χ3n) is 3.62. The van der Waals surface area contributed by atoms with Crippen molar-refractivity contribution in [2.75, 3.05) is 13.1 Å². The molecule has 1 aliphatic rings. The van der Waals surface area contributed by atoms with Crippen molar-refractivity contribution in [3.63, 3.8) is 0 Å². The van der Waals surface area contributed by atoms with Gasteiger partial charge in [0.25, 0.3) is 0 Å². The summed E-state index contributed by atoms with van der Waals surface area (Å²) in [5.41, 5.74) is 4.89. The van der Waals surface area contributed by atoms with Gasteiger partial charge in [0, 0.05) is 13.1 Å². The maximum absolute atomic E-state index is 11.9. The van der Waals surface area contributed by atoms with Crippen LogP contribution in [-0.2, 0) is 9.59 Å². The average Bonchev–Trinajstić information content (AvgIpc) is 2.78. The third-order valence-corrected chi connectivity index (χ3v) is 3.62. The molecule has 0 aromatic carbocycles. The van der Waals surface area contributed by atoms with Gasteiger partial charge in [-0.3, -0.25) is 9.59 Å². The molecule has 19 heavy (non-hydrogen) atoms. The monoisotopic (exact) mass is 271 g/mol. The SMILES string of the molecule is CCC1CC(C(=O)O)C(C(=O)NCCNC(N)=O)C1. The zero-order valence-electron chi connectivity index (χ0n) is 11.0. The molecule has 0 saturated heterocycles. The minimum absolute atomic E-state index is 0.239. The van der Waals surface area contributed by atoms with Crippen molar-refractivity contribution >= 4 is 17.9 Å². The van der Waals surface area contributed by atoms with Crippen LogP contribution in [0, 0.1) is 17.8 Å². The maximum atomic E-state index is 11.9. The Balaban J connectivity index is 2.45. The number of nitrogens with one attached hydrogen (secondary N) is 2. The van der Waals surface area contributed by atoms with E-state index in [4.69, 9.17) is 10.8 Å². The van der Waals surface area contributed by atoms with Gasteiger partial charge in [0.2, 0.25) is 5.91 Å². The Labute approximate surface area is 111 Å². The highest BCUT2D eigenvalue weighted by Crippen LogP contribution is 2.38. The van der Waals surface area contributed by atoms with E-state index < -0.39 is 23.8 Å². The van der Waals surface area contributed by atoms with Crippen LogP contribution in [0.2, 0.25) is 0 Å². The molecule has 1 fully saturated rings. The molecule has 7 heteroatoms. The Bertz CT molecular complexity index is 359. The molecule has 3 unspecified atom stereocenters.